The van der Waals surface area contributed by atoms with Gasteiger partial charge in [0.25, 0.3) is 0 Å². The Morgan fingerprint density at radius 3 is 2.79 bits per heavy atom. The van der Waals surface area contributed by atoms with E-state index in [1.54, 1.807) is 6.07 Å². The molecule has 0 radical (unpaired) electrons. The van der Waals surface area contributed by atoms with Gasteiger partial charge in [-0.05, 0) is 51.2 Å². The van der Waals surface area contributed by atoms with Gasteiger partial charge in [-0.15, -0.1) is 0 Å². The van der Waals surface area contributed by atoms with Crippen LogP contribution in [-0.2, 0) is 6.54 Å². The minimum Gasteiger partial charge on any atom is -0.366 e. The summed E-state index contributed by atoms with van der Waals surface area (Å²) in [5.41, 5.74) is 6.10. The fourth-order valence-electron chi connectivity index (χ4n) is 2.49. The van der Waals surface area contributed by atoms with Crippen LogP contribution in [0.1, 0.15) is 28.8 Å². The summed E-state index contributed by atoms with van der Waals surface area (Å²) in [7, 11) is 1.99. The molecule has 0 atom stereocenters. The number of nitrogens with zero attached hydrogens (tertiary/aromatic N) is 1. The van der Waals surface area contributed by atoms with Crippen LogP contribution in [0.4, 0.5) is 4.39 Å². The van der Waals surface area contributed by atoms with Crippen LogP contribution in [0.3, 0.4) is 0 Å². The second-order valence-corrected chi connectivity index (χ2v) is 5.07. The molecule has 1 aromatic rings. The number of primary amides is 1. The maximum Gasteiger partial charge on any atom is 0.248 e. The standard InChI is InChI=1S/C14H20FN3O/c1-18(12-4-6-17-7-5-12)9-11-8-10(14(16)19)2-3-13(11)15/h2-3,8,12,17H,4-7,9H2,1H3,(H2,16,19). The number of hydrogen-bond donors (Lipinski definition) is 2. The van der Waals surface area contributed by atoms with Gasteiger partial charge in [0.2, 0.25) is 5.91 Å². The molecule has 2 rings (SSSR count). The van der Waals surface area contributed by atoms with Gasteiger partial charge in [-0.1, -0.05) is 0 Å². The molecule has 0 saturated carbocycles. The molecule has 104 valence electrons. The van der Waals surface area contributed by atoms with E-state index in [1.165, 1.54) is 12.1 Å². The van der Waals surface area contributed by atoms with Gasteiger partial charge < -0.3 is 11.1 Å². The van der Waals surface area contributed by atoms with Crippen molar-refractivity contribution in [2.45, 2.75) is 25.4 Å². The number of hydrogen-bond acceptors (Lipinski definition) is 3. The average molecular weight is 265 g/mol. The van der Waals surface area contributed by atoms with Crippen molar-refractivity contribution < 1.29 is 9.18 Å². The highest BCUT2D eigenvalue weighted by atomic mass is 19.1. The van der Waals surface area contributed by atoms with Crippen LogP contribution in [0.2, 0.25) is 0 Å². The molecule has 0 unspecified atom stereocenters. The number of nitrogens with two attached hydrogens (primary N) is 1. The Morgan fingerprint density at radius 1 is 1.47 bits per heavy atom. The third-order valence-corrected chi connectivity index (χ3v) is 3.68. The van der Waals surface area contributed by atoms with Gasteiger partial charge in [0.05, 0.1) is 0 Å². The highest BCUT2D eigenvalue weighted by Crippen LogP contribution is 2.17. The summed E-state index contributed by atoms with van der Waals surface area (Å²) in [6, 6.07) is 4.74. The van der Waals surface area contributed by atoms with E-state index in [0.717, 1.165) is 25.9 Å². The molecule has 0 spiro atoms. The fourth-order valence-corrected chi connectivity index (χ4v) is 2.49. The van der Waals surface area contributed by atoms with Crippen LogP contribution < -0.4 is 11.1 Å². The summed E-state index contributed by atoms with van der Waals surface area (Å²) in [5, 5.41) is 3.31. The summed E-state index contributed by atoms with van der Waals surface area (Å²) in [6.07, 6.45) is 2.13. The maximum atomic E-state index is 13.8. The molecule has 1 heterocycles. The molecule has 1 aliphatic heterocycles. The van der Waals surface area contributed by atoms with Crippen LogP contribution in [0.25, 0.3) is 0 Å². The quantitative estimate of drug-likeness (QED) is 0.857. The molecule has 3 N–H and O–H groups in total. The lowest BCUT2D eigenvalue weighted by Gasteiger charge is -2.31. The van der Waals surface area contributed by atoms with E-state index in [0.29, 0.717) is 23.7 Å². The number of benzene rings is 1. The normalized spacial score (nSPS) is 16.8. The predicted octanol–water partition coefficient (Wildman–Crippen LogP) is 1.11. The SMILES string of the molecule is CN(Cc1cc(C(N)=O)ccc1F)C1CCNCC1. The van der Waals surface area contributed by atoms with Gasteiger partial charge in [-0.2, -0.15) is 0 Å². The largest absolute Gasteiger partial charge is 0.366 e. The molecule has 0 bridgehead atoms. The first-order chi connectivity index (χ1) is 9.08. The van der Waals surface area contributed by atoms with Crippen molar-refractivity contribution in [1.82, 2.24) is 10.2 Å². The Morgan fingerprint density at radius 2 is 2.16 bits per heavy atom. The van der Waals surface area contributed by atoms with Gasteiger partial charge in [-0.3, -0.25) is 9.69 Å². The Balaban J connectivity index is 2.08. The minimum atomic E-state index is -0.522. The van der Waals surface area contributed by atoms with Crippen LogP contribution >= 0.6 is 0 Å². The van der Waals surface area contributed by atoms with Gasteiger partial charge in [0, 0.05) is 23.7 Å². The Bertz CT molecular complexity index is 458. The molecule has 0 aliphatic carbocycles. The van der Waals surface area contributed by atoms with Gasteiger partial charge in [0.15, 0.2) is 0 Å². The second kappa shape index (κ2) is 6.12. The lowest BCUT2D eigenvalue weighted by atomic mass is 10.0. The van der Waals surface area contributed by atoms with Crippen molar-refractivity contribution >= 4 is 5.91 Å². The van der Waals surface area contributed by atoms with E-state index in [-0.39, 0.29) is 5.82 Å². The second-order valence-electron chi connectivity index (χ2n) is 5.07. The lowest BCUT2D eigenvalue weighted by Crippen LogP contribution is -2.40. The molecule has 1 fully saturated rings. The molecule has 1 amide bonds. The zero-order valence-electron chi connectivity index (χ0n) is 11.2. The number of amides is 1. The summed E-state index contributed by atoms with van der Waals surface area (Å²) in [6.45, 7) is 2.50. The zero-order chi connectivity index (χ0) is 13.8. The van der Waals surface area contributed by atoms with Crippen molar-refractivity contribution in [2.75, 3.05) is 20.1 Å². The van der Waals surface area contributed by atoms with E-state index in [1.807, 2.05) is 7.05 Å². The van der Waals surface area contributed by atoms with Gasteiger partial charge in [0.1, 0.15) is 5.82 Å². The topological polar surface area (TPSA) is 58.4 Å². The van der Waals surface area contributed by atoms with E-state index in [4.69, 9.17) is 5.73 Å². The highest BCUT2D eigenvalue weighted by Gasteiger charge is 2.19. The van der Waals surface area contributed by atoms with Crippen LogP contribution in [-0.4, -0.2) is 37.0 Å². The fraction of sp³-hybridized carbons (Fsp3) is 0.500. The number of carbonyl (C=O) groups excluding carboxylic acids is 1. The zero-order valence-corrected chi connectivity index (χ0v) is 11.2. The Hall–Kier alpha value is -1.46. The molecular weight excluding hydrogens is 245 g/mol. The van der Waals surface area contributed by atoms with E-state index in [2.05, 4.69) is 10.2 Å². The average Bonchev–Trinajstić information content (AvgIpc) is 2.42. The van der Waals surface area contributed by atoms with E-state index in [9.17, 15) is 9.18 Å². The maximum absolute atomic E-state index is 13.8. The summed E-state index contributed by atoms with van der Waals surface area (Å²) >= 11 is 0. The third kappa shape index (κ3) is 3.52. The van der Waals surface area contributed by atoms with Gasteiger partial charge >= 0.3 is 0 Å². The van der Waals surface area contributed by atoms with Crippen molar-refractivity contribution in [3.05, 3.63) is 35.1 Å². The minimum absolute atomic E-state index is 0.286. The summed E-state index contributed by atoms with van der Waals surface area (Å²) < 4.78 is 13.8. The summed E-state index contributed by atoms with van der Waals surface area (Å²) in [4.78, 5) is 13.3. The highest BCUT2D eigenvalue weighted by molar-refractivity contribution is 5.92. The number of piperidine rings is 1. The first-order valence-electron chi connectivity index (χ1n) is 6.57. The van der Waals surface area contributed by atoms with Crippen molar-refractivity contribution in [3.63, 3.8) is 0 Å². The number of carbonyl (C=O) groups is 1. The molecule has 0 aromatic heterocycles. The molecule has 4 nitrogen and oxygen atoms in total. The molecule has 5 heteroatoms. The first-order valence-corrected chi connectivity index (χ1v) is 6.57. The molecule has 1 aliphatic rings. The van der Waals surface area contributed by atoms with Crippen molar-refractivity contribution in [1.29, 1.82) is 0 Å². The molecule has 1 saturated heterocycles. The summed E-state index contributed by atoms with van der Waals surface area (Å²) in [5.74, 6) is -0.809. The molecule has 19 heavy (non-hydrogen) atoms. The number of rotatable bonds is 4. The monoisotopic (exact) mass is 265 g/mol. The number of nitrogens with one attached hydrogen (secondary N) is 1. The van der Waals surface area contributed by atoms with E-state index >= 15 is 0 Å². The van der Waals surface area contributed by atoms with Crippen LogP contribution in [0, 0.1) is 5.82 Å². The van der Waals surface area contributed by atoms with E-state index < -0.39 is 5.91 Å². The predicted molar refractivity (Wildman–Crippen MR) is 72.3 cm³/mol. The van der Waals surface area contributed by atoms with Crippen molar-refractivity contribution in [3.8, 4) is 0 Å². The lowest BCUT2D eigenvalue weighted by molar-refractivity contribution is 0.1000. The smallest absolute Gasteiger partial charge is 0.248 e. The van der Waals surface area contributed by atoms with Crippen molar-refractivity contribution in [2.24, 2.45) is 5.73 Å². The van der Waals surface area contributed by atoms with Crippen LogP contribution in [0.15, 0.2) is 18.2 Å². The molecule has 1 aromatic carbocycles. The number of halogens is 1. The van der Waals surface area contributed by atoms with Gasteiger partial charge in [-0.25, -0.2) is 4.39 Å². The van der Waals surface area contributed by atoms with Crippen LogP contribution in [0.5, 0.6) is 0 Å². The Kier molecular flexibility index (Phi) is 4.50. The third-order valence-electron chi connectivity index (χ3n) is 3.68. The Labute approximate surface area is 112 Å². The molecular formula is C14H20FN3O. The first kappa shape index (κ1) is 14.0.